The minimum atomic E-state index is -0.109. The summed E-state index contributed by atoms with van der Waals surface area (Å²) in [5.41, 5.74) is 3.96. The topological polar surface area (TPSA) is 64.0 Å². The predicted octanol–water partition coefficient (Wildman–Crippen LogP) is 4.17. The third-order valence-corrected chi connectivity index (χ3v) is 5.37. The summed E-state index contributed by atoms with van der Waals surface area (Å²) < 4.78 is 1.52. The molecule has 0 radical (unpaired) electrons. The molecule has 0 aliphatic carbocycles. The van der Waals surface area contributed by atoms with Gasteiger partial charge in [-0.1, -0.05) is 57.2 Å². The average molecular weight is 392 g/mol. The maximum absolute atomic E-state index is 12.7. The zero-order valence-corrected chi connectivity index (χ0v) is 17.6. The van der Waals surface area contributed by atoms with Gasteiger partial charge in [0.05, 0.1) is 23.3 Å². The lowest BCUT2D eigenvalue weighted by molar-refractivity contribution is -0.122. The van der Waals surface area contributed by atoms with Crippen LogP contribution >= 0.6 is 0 Å². The number of carbonyl (C=O) groups is 1. The molecule has 0 bridgehead atoms. The minimum absolute atomic E-state index is 0.0532. The number of aromatic nitrogens is 2. The molecule has 0 aliphatic heterocycles. The zero-order chi connectivity index (χ0) is 21.0. The summed E-state index contributed by atoms with van der Waals surface area (Å²) in [4.78, 5) is 29.7. The van der Waals surface area contributed by atoms with Crippen molar-refractivity contribution in [3.8, 4) is 0 Å². The van der Waals surface area contributed by atoms with Crippen molar-refractivity contribution in [1.82, 2.24) is 14.9 Å². The van der Waals surface area contributed by atoms with Crippen LogP contribution in [0.15, 0.2) is 53.6 Å². The number of nitrogens with zero attached hydrogens (tertiary/aromatic N) is 2. The highest BCUT2D eigenvalue weighted by atomic mass is 16.2. The molecule has 0 saturated carbocycles. The third-order valence-electron chi connectivity index (χ3n) is 5.37. The second kappa shape index (κ2) is 9.03. The van der Waals surface area contributed by atoms with Crippen molar-refractivity contribution in [2.24, 2.45) is 5.92 Å². The Kier molecular flexibility index (Phi) is 6.47. The molecule has 3 aromatic rings. The molecule has 152 valence electrons. The fraction of sp³-hybridized carbons (Fsp3) is 0.375. The van der Waals surface area contributed by atoms with E-state index in [1.54, 1.807) is 6.07 Å². The zero-order valence-electron chi connectivity index (χ0n) is 17.6. The van der Waals surface area contributed by atoms with Gasteiger partial charge in [0, 0.05) is 13.0 Å². The van der Waals surface area contributed by atoms with Gasteiger partial charge in [-0.2, -0.15) is 0 Å². The van der Waals surface area contributed by atoms with E-state index in [1.165, 1.54) is 16.5 Å². The molecule has 1 atom stereocenters. The molecule has 5 nitrogen and oxygen atoms in total. The van der Waals surface area contributed by atoms with Gasteiger partial charge < -0.3 is 5.32 Å². The van der Waals surface area contributed by atoms with Crippen LogP contribution in [0, 0.1) is 12.8 Å². The van der Waals surface area contributed by atoms with Gasteiger partial charge in [-0.05, 0) is 42.0 Å². The van der Waals surface area contributed by atoms with E-state index in [2.05, 4.69) is 55.3 Å². The summed E-state index contributed by atoms with van der Waals surface area (Å²) in [5.74, 6) is 0.193. The standard InChI is InChI=1S/C24H29N3O2/c1-5-18-9-11-19(12-10-18)22(16(2)3)26-21(28)13-14-27-15-25-23-17(4)7-6-8-20(23)24(27)29/h6-12,15-16,22H,5,13-14H2,1-4H3,(H,26,28). The first-order valence-electron chi connectivity index (χ1n) is 10.2. The number of aryl methyl sites for hydroxylation is 3. The van der Waals surface area contributed by atoms with E-state index in [1.807, 2.05) is 19.1 Å². The Hall–Kier alpha value is -2.95. The van der Waals surface area contributed by atoms with Crippen molar-refractivity contribution < 1.29 is 4.79 Å². The smallest absolute Gasteiger partial charge is 0.261 e. The number of fused-ring (bicyclic) bond motifs is 1. The lowest BCUT2D eigenvalue weighted by Gasteiger charge is -2.23. The Morgan fingerprint density at radius 3 is 2.52 bits per heavy atom. The number of hydrogen-bond acceptors (Lipinski definition) is 3. The van der Waals surface area contributed by atoms with Gasteiger partial charge in [-0.3, -0.25) is 14.2 Å². The predicted molar refractivity (Wildman–Crippen MR) is 117 cm³/mol. The van der Waals surface area contributed by atoms with Gasteiger partial charge in [0.2, 0.25) is 5.91 Å². The molecule has 2 aromatic carbocycles. The van der Waals surface area contributed by atoms with Gasteiger partial charge in [-0.15, -0.1) is 0 Å². The van der Waals surface area contributed by atoms with Crippen LogP contribution in [0.25, 0.3) is 10.9 Å². The van der Waals surface area contributed by atoms with Gasteiger partial charge in [0.25, 0.3) is 5.56 Å². The second-order valence-electron chi connectivity index (χ2n) is 7.85. The first kappa shape index (κ1) is 20.8. The highest BCUT2D eigenvalue weighted by Crippen LogP contribution is 2.22. The Balaban J connectivity index is 1.70. The number of carbonyl (C=O) groups excluding carboxylic acids is 1. The molecule has 0 saturated heterocycles. The van der Waals surface area contributed by atoms with E-state index in [0.29, 0.717) is 17.4 Å². The van der Waals surface area contributed by atoms with Crippen LogP contribution in [0.3, 0.4) is 0 Å². The number of para-hydroxylation sites is 1. The number of rotatable bonds is 7. The van der Waals surface area contributed by atoms with Crippen LogP contribution in [0.1, 0.15) is 49.9 Å². The first-order chi connectivity index (χ1) is 13.9. The van der Waals surface area contributed by atoms with Crippen molar-refractivity contribution in [2.75, 3.05) is 0 Å². The van der Waals surface area contributed by atoms with Crippen molar-refractivity contribution in [1.29, 1.82) is 0 Å². The van der Waals surface area contributed by atoms with Gasteiger partial charge in [-0.25, -0.2) is 4.98 Å². The Labute approximate surface area is 171 Å². The van der Waals surface area contributed by atoms with Crippen molar-refractivity contribution in [3.63, 3.8) is 0 Å². The molecular formula is C24H29N3O2. The van der Waals surface area contributed by atoms with E-state index in [-0.39, 0.29) is 29.8 Å². The average Bonchev–Trinajstić information content (AvgIpc) is 2.72. The summed E-state index contributed by atoms with van der Waals surface area (Å²) in [7, 11) is 0. The lowest BCUT2D eigenvalue weighted by Crippen LogP contribution is -2.33. The highest BCUT2D eigenvalue weighted by Gasteiger charge is 2.18. The lowest BCUT2D eigenvalue weighted by atomic mass is 9.94. The van der Waals surface area contributed by atoms with Crippen molar-refractivity contribution >= 4 is 16.8 Å². The van der Waals surface area contributed by atoms with Crippen LogP contribution in [-0.2, 0) is 17.8 Å². The van der Waals surface area contributed by atoms with E-state index in [9.17, 15) is 9.59 Å². The molecule has 1 heterocycles. The summed E-state index contributed by atoms with van der Waals surface area (Å²) in [6.45, 7) is 8.56. The molecule has 1 unspecified atom stereocenters. The summed E-state index contributed by atoms with van der Waals surface area (Å²) in [5, 5.41) is 3.72. The second-order valence-corrected chi connectivity index (χ2v) is 7.85. The van der Waals surface area contributed by atoms with E-state index >= 15 is 0 Å². The Bertz CT molecular complexity index is 1050. The monoisotopic (exact) mass is 391 g/mol. The van der Waals surface area contributed by atoms with Crippen LogP contribution in [0.2, 0.25) is 0 Å². The normalized spacial score (nSPS) is 12.3. The van der Waals surface area contributed by atoms with Gasteiger partial charge in [0.15, 0.2) is 0 Å². The van der Waals surface area contributed by atoms with Crippen LogP contribution < -0.4 is 10.9 Å². The fourth-order valence-corrected chi connectivity index (χ4v) is 3.56. The number of nitrogens with one attached hydrogen (secondary N) is 1. The largest absolute Gasteiger partial charge is 0.349 e. The fourth-order valence-electron chi connectivity index (χ4n) is 3.56. The van der Waals surface area contributed by atoms with Crippen LogP contribution in [0.5, 0.6) is 0 Å². The molecule has 0 fully saturated rings. The molecule has 1 amide bonds. The third kappa shape index (κ3) is 4.73. The maximum atomic E-state index is 12.7. The summed E-state index contributed by atoms with van der Waals surface area (Å²) >= 11 is 0. The Morgan fingerprint density at radius 1 is 1.14 bits per heavy atom. The molecule has 0 spiro atoms. The van der Waals surface area contributed by atoms with Gasteiger partial charge >= 0.3 is 0 Å². The summed E-state index contributed by atoms with van der Waals surface area (Å²) in [6.07, 6.45) is 2.76. The van der Waals surface area contributed by atoms with Gasteiger partial charge in [0.1, 0.15) is 0 Å². The van der Waals surface area contributed by atoms with E-state index in [4.69, 9.17) is 0 Å². The highest BCUT2D eigenvalue weighted by molar-refractivity contribution is 5.80. The van der Waals surface area contributed by atoms with Crippen molar-refractivity contribution in [3.05, 3.63) is 75.8 Å². The minimum Gasteiger partial charge on any atom is -0.349 e. The van der Waals surface area contributed by atoms with Crippen LogP contribution in [0.4, 0.5) is 0 Å². The molecule has 1 N–H and O–H groups in total. The van der Waals surface area contributed by atoms with E-state index in [0.717, 1.165) is 17.5 Å². The SMILES string of the molecule is CCc1ccc(C(NC(=O)CCn2cnc3c(C)cccc3c2=O)C(C)C)cc1. The molecule has 29 heavy (non-hydrogen) atoms. The molecule has 0 aliphatic rings. The number of benzene rings is 2. The molecule has 5 heteroatoms. The quantitative estimate of drug-likeness (QED) is 0.657. The Morgan fingerprint density at radius 2 is 1.86 bits per heavy atom. The maximum Gasteiger partial charge on any atom is 0.261 e. The molecular weight excluding hydrogens is 362 g/mol. The van der Waals surface area contributed by atoms with E-state index < -0.39 is 0 Å². The van der Waals surface area contributed by atoms with Crippen molar-refractivity contribution in [2.45, 2.75) is 53.1 Å². The molecule has 1 aromatic heterocycles. The molecule has 3 rings (SSSR count). The number of amides is 1. The first-order valence-corrected chi connectivity index (χ1v) is 10.2. The summed E-state index contributed by atoms with van der Waals surface area (Å²) in [6, 6.07) is 13.9. The van der Waals surface area contributed by atoms with Crippen LogP contribution in [-0.4, -0.2) is 15.5 Å². The number of hydrogen-bond donors (Lipinski definition) is 1.